The highest BCUT2D eigenvalue weighted by Crippen LogP contribution is 2.31. The van der Waals surface area contributed by atoms with Gasteiger partial charge in [0.1, 0.15) is 0 Å². The van der Waals surface area contributed by atoms with Gasteiger partial charge in [0.05, 0.1) is 24.9 Å². The molecule has 2 aromatic rings. The number of carbonyl (C=O) groups is 2. The summed E-state index contributed by atoms with van der Waals surface area (Å²) in [6.45, 7) is 7.30. The van der Waals surface area contributed by atoms with E-state index in [0.717, 1.165) is 17.0 Å². The van der Waals surface area contributed by atoms with Gasteiger partial charge in [-0.3, -0.25) is 4.57 Å². The van der Waals surface area contributed by atoms with Gasteiger partial charge >= 0.3 is 12.2 Å². The Labute approximate surface area is 164 Å². The van der Waals surface area contributed by atoms with Gasteiger partial charge in [0.25, 0.3) is 0 Å². The van der Waals surface area contributed by atoms with Crippen LogP contribution in [0.3, 0.4) is 0 Å². The van der Waals surface area contributed by atoms with Crippen molar-refractivity contribution in [2.45, 2.75) is 32.1 Å². The number of nitrogens with one attached hydrogen (secondary N) is 1. The molecule has 0 spiro atoms. The van der Waals surface area contributed by atoms with Gasteiger partial charge in [-0.2, -0.15) is 0 Å². The third kappa shape index (κ3) is 5.51. The van der Waals surface area contributed by atoms with E-state index in [1.165, 1.54) is 11.7 Å². The van der Waals surface area contributed by atoms with Crippen LogP contribution in [-0.2, 0) is 15.9 Å². The van der Waals surface area contributed by atoms with Gasteiger partial charge in [-0.05, 0) is 23.6 Å². The van der Waals surface area contributed by atoms with Crippen LogP contribution in [0.4, 0.5) is 15.3 Å². The number of hydrogen-bond acceptors (Lipinski definition) is 5. The molecule has 0 fully saturated rings. The lowest BCUT2D eigenvalue weighted by atomic mass is 10.1. The summed E-state index contributed by atoms with van der Waals surface area (Å²) in [6.07, 6.45) is 1.09. The van der Waals surface area contributed by atoms with E-state index in [1.807, 2.05) is 6.07 Å². The maximum atomic E-state index is 12.7. The normalized spacial score (nSPS) is 11.0. The van der Waals surface area contributed by atoms with Gasteiger partial charge in [-0.15, -0.1) is 0 Å². The summed E-state index contributed by atoms with van der Waals surface area (Å²) in [5, 5.41) is 7.08. The summed E-state index contributed by atoms with van der Waals surface area (Å²) in [6, 6.07) is 6.09. The molecule has 0 aliphatic carbocycles. The predicted octanol–water partition coefficient (Wildman–Crippen LogP) is 4.80. The Kier molecular flexibility index (Phi) is 7.08. The minimum absolute atomic E-state index is 0.336. The SMILES string of the molecule is COC(=O)NCCc1cn(C(=O)OCC[Si](C)(C)C)c2c(N=[N+]=[N-])cccc12. The third-order valence-electron chi connectivity index (χ3n) is 4.16. The van der Waals surface area contributed by atoms with Gasteiger partial charge < -0.3 is 14.8 Å². The molecule has 1 aromatic heterocycles. The Balaban J connectivity index is 2.33. The standard InChI is InChI=1S/C18H25N5O4Si/c1-26-17(24)20-9-8-13-12-23(18(25)27-10-11-28(2,3)4)16-14(13)6-5-7-15(16)21-22-19/h5-7,12H,8-11H2,1-4H3,(H,20,24). The lowest BCUT2D eigenvalue weighted by Gasteiger charge is -2.15. The number of ether oxygens (including phenoxy) is 2. The first kappa shape index (κ1) is 21.3. The fourth-order valence-electron chi connectivity index (χ4n) is 2.69. The first-order valence-electron chi connectivity index (χ1n) is 8.94. The molecule has 28 heavy (non-hydrogen) atoms. The van der Waals surface area contributed by atoms with Gasteiger partial charge in [0.2, 0.25) is 0 Å². The Bertz CT molecular complexity index is 913. The maximum absolute atomic E-state index is 12.7. The number of azide groups is 1. The molecule has 1 N–H and O–H groups in total. The molecule has 1 amide bonds. The number of nitrogens with zero attached hydrogens (tertiary/aromatic N) is 4. The van der Waals surface area contributed by atoms with Gasteiger partial charge in [0.15, 0.2) is 0 Å². The van der Waals surface area contributed by atoms with E-state index in [4.69, 9.17) is 10.3 Å². The predicted molar refractivity (Wildman–Crippen MR) is 110 cm³/mol. The molecule has 2 rings (SSSR count). The Morgan fingerprint density at radius 1 is 1.32 bits per heavy atom. The number of para-hydroxylation sites is 1. The quantitative estimate of drug-likeness (QED) is 0.309. The molecule has 0 radical (unpaired) electrons. The number of fused-ring (bicyclic) bond motifs is 1. The van der Waals surface area contributed by atoms with Crippen molar-refractivity contribution in [3.8, 4) is 0 Å². The van der Waals surface area contributed by atoms with Crippen molar-refractivity contribution >= 4 is 36.9 Å². The van der Waals surface area contributed by atoms with Crippen molar-refractivity contribution in [1.29, 1.82) is 0 Å². The summed E-state index contributed by atoms with van der Waals surface area (Å²) in [7, 11) is -0.0388. The topological polar surface area (TPSA) is 118 Å². The van der Waals surface area contributed by atoms with Gasteiger partial charge in [0, 0.05) is 31.1 Å². The monoisotopic (exact) mass is 403 g/mol. The molecule has 0 saturated carbocycles. The minimum atomic E-state index is -1.33. The number of amides is 1. The summed E-state index contributed by atoms with van der Waals surface area (Å²) in [5.74, 6) is 0. The van der Waals surface area contributed by atoms with Crippen molar-refractivity contribution < 1.29 is 19.1 Å². The van der Waals surface area contributed by atoms with E-state index in [-0.39, 0.29) is 0 Å². The van der Waals surface area contributed by atoms with Crippen LogP contribution >= 0.6 is 0 Å². The zero-order chi connectivity index (χ0) is 20.7. The highest BCUT2D eigenvalue weighted by Gasteiger charge is 2.19. The van der Waals surface area contributed by atoms with E-state index in [1.54, 1.807) is 18.3 Å². The van der Waals surface area contributed by atoms with E-state index >= 15 is 0 Å². The molecule has 9 nitrogen and oxygen atoms in total. The van der Waals surface area contributed by atoms with Crippen molar-refractivity contribution in [1.82, 2.24) is 9.88 Å². The summed E-state index contributed by atoms with van der Waals surface area (Å²) >= 11 is 0. The molecule has 0 unspecified atom stereocenters. The number of methoxy groups -OCH3 is 1. The second-order valence-corrected chi connectivity index (χ2v) is 13.1. The van der Waals surface area contributed by atoms with Gasteiger partial charge in [-0.1, -0.05) is 43.0 Å². The average Bonchev–Trinajstić information content (AvgIpc) is 3.00. The number of rotatable bonds is 7. The third-order valence-corrected chi connectivity index (χ3v) is 5.87. The second-order valence-electron chi connectivity index (χ2n) is 7.48. The van der Waals surface area contributed by atoms with Crippen LogP contribution in [0.15, 0.2) is 29.5 Å². The zero-order valence-corrected chi connectivity index (χ0v) is 17.6. The molecule has 0 aliphatic heterocycles. The molecule has 0 atom stereocenters. The lowest BCUT2D eigenvalue weighted by Crippen LogP contribution is -2.25. The fraction of sp³-hybridized carbons (Fsp3) is 0.444. The molecular weight excluding hydrogens is 378 g/mol. The average molecular weight is 404 g/mol. The Morgan fingerprint density at radius 2 is 2.07 bits per heavy atom. The van der Waals surface area contributed by atoms with Crippen LogP contribution in [0, 0.1) is 0 Å². The number of hydrogen-bond donors (Lipinski definition) is 1. The molecular formula is C18H25N5O4Si. The maximum Gasteiger partial charge on any atom is 0.418 e. The van der Waals surface area contributed by atoms with Crippen LogP contribution in [0.5, 0.6) is 0 Å². The Hall–Kier alpha value is -2.97. The summed E-state index contributed by atoms with van der Waals surface area (Å²) in [4.78, 5) is 26.8. The summed E-state index contributed by atoms with van der Waals surface area (Å²) in [5.41, 5.74) is 10.5. The number of benzene rings is 1. The number of carbonyl (C=O) groups excluding carboxylic acids is 2. The van der Waals surface area contributed by atoms with Crippen molar-refractivity contribution in [2.75, 3.05) is 20.3 Å². The van der Waals surface area contributed by atoms with Crippen molar-refractivity contribution in [2.24, 2.45) is 5.11 Å². The van der Waals surface area contributed by atoms with Crippen LogP contribution in [0.1, 0.15) is 5.56 Å². The fourth-order valence-corrected chi connectivity index (χ4v) is 3.41. The molecule has 0 aliphatic rings. The van der Waals surface area contributed by atoms with Gasteiger partial charge in [-0.25, -0.2) is 9.59 Å². The van der Waals surface area contributed by atoms with E-state index in [2.05, 4.69) is 39.7 Å². The molecule has 0 bridgehead atoms. The van der Waals surface area contributed by atoms with E-state index < -0.39 is 20.3 Å². The second kappa shape index (κ2) is 9.29. The lowest BCUT2D eigenvalue weighted by molar-refractivity contribution is 0.154. The number of aromatic nitrogens is 1. The molecule has 1 aromatic carbocycles. The molecule has 0 saturated heterocycles. The summed E-state index contributed by atoms with van der Waals surface area (Å²) < 4.78 is 11.4. The zero-order valence-electron chi connectivity index (χ0n) is 16.6. The molecule has 1 heterocycles. The van der Waals surface area contributed by atoms with Crippen molar-refractivity contribution in [3.63, 3.8) is 0 Å². The van der Waals surface area contributed by atoms with Crippen LogP contribution < -0.4 is 5.32 Å². The van der Waals surface area contributed by atoms with E-state index in [9.17, 15) is 9.59 Å². The first-order chi connectivity index (χ1) is 13.3. The largest absolute Gasteiger partial charge is 0.453 e. The molecule has 150 valence electrons. The Morgan fingerprint density at radius 3 is 2.71 bits per heavy atom. The van der Waals surface area contributed by atoms with E-state index in [0.29, 0.717) is 30.8 Å². The van der Waals surface area contributed by atoms with Crippen LogP contribution in [-0.4, -0.2) is 45.1 Å². The smallest absolute Gasteiger partial charge is 0.418 e. The first-order valence-corrected chi connectivity index (χ1v) is 12.6. The highest BCUT2D eigenvalue weighted by atomic mass is 28.3. The van der Waals surface area contributed by atoms with Crippen LogP contribution in [0.2, 0.25) is 25.7 Å². The van der Waals surface area contributed by atoms with Crippen LogP contribution in [0.25, 0.3) is 21.3 Å². The molecule has 10 heteroatoms. The number of alkyl carbamates (subject to hydrolysis) is 1. The van der Waals surface area contributed by atoms with Crippen molar-refractivity contribution in [3.05, 3.63) is 40.4 Å². The highest BCUT2D eigenvalue weighted by molar-refractivity contribution is 6.76. The minimum Gasteiger partial charge on any atom is -0.453 e.